The second-order valence-electron chi connectivity index (χ2n) is 16.6. The van der Waals surface area contributed by atoms with Crippen molar-refractivity contribution in [3.8, 4) is 11.5 Å². The summed E-state index contributed by atoms with van der Waals surface area (Å²) in [5.74, 6) is -3.49. The average Bonchev–Trinajstić information content (AvgIpc) is 3.28. The third-order valence-electron chi connectivity index (χ3n) is 14.5. The quantitative estimate of drug-likeness (QED) is 0.302. The Morgan fingerprint density at radius 3 is 2.45 bits per heavy atom. The molecule has 0 unspecified atom stereocenters. The molecule has 47 heavy (non-hydrogen) atoms. The fraction of sp³-hybridized carbons (Fsp3) is 0.806. The summed E-state index contributed by atoms with van der Waals surface area (Å²) in [5.41, 5.74) is -4.09. The summed E-state index contributed by atoms with van der Waals surface area (Å²) in [7, 11) is 3.00. The van der Waals surface area contributed by atoms with Gasteiger partial charge in [-0.25, -0.2) is 4.79 Å². The van der Waals surface area contributed by atoms with Gasteiger partial charge in [-0.05, 0) is 81.4 Å². The highest BCUT2D eigenvalue weighted by Crippen LogP contribution is 2.77. The predicted octanol–water partition coefficient (Wildman–Crippen LogP) is 2.10. The second-order valence-corrected chi connectivity index (χ2v) is 16.6. The van der Waals surface area contributed by atoms with E-state index in [0.29, 0.717) is 43.2 Å². The van der Waals surface area contributed by atoms with Gasteiger partial charge in [0.25, 0.3) is 0 Å². The van der Waals surface area contributed by atoms with Gasteiger partial charge in [-0.15, -0.1) is 0 Å². The number of carbonyl (C=O) groups is 1. The Balaban J connectivity index is 1.14. The van der Waals surface area contributed by atoms with Crippen molar-refractivity contribution in [2.75, 3.05) is 27.3 Å². The molecule has 15 atom stereocenters. The number of nitrogens with zero attached hydrogens (tertiary/aromatic N) is 1. The fourth-order valence-electron chi connectivity index (χ4n) is 12.7. The zero-order valence-corrected chi connectivity index (χ0v) is 28.1. The van der Waals surface area contributed by atoms with Crippen molar-refractivity contribution in [2.24, 2.45) is 40.9 Å². The minimum Gasteiger partial charge on any atom is -0.493 e. The van der Waals surface area contributed by atoms with Crippen LogP contribution in [0.1, 0.15) is 76.1 Å². The van der Waals surface area contributed by atoms with Gasteiger partial charge in [0.15, 0.2) is 17.6 Å². The number of ether oxygens (including phenoxy) is 4. The largest absolute Gasteiger partial charge is 0.493 e. The number of piperidine rings is 2. The van der Waals surface area contributed by atoms with Gasteiger partial charge in [-0.3, -0.25) is 4.90 Å². The van der Waals surface area contributed by atoms with Crippen LogP contribution in [0.5, 0.6) is 11.5 Å². The van der Waals surface area contributed by atoms with Crippen molar-refractivity contribution in [3.63, 3.8) is 0 Å². The summed E-state index contributed by atoms with van der Waals surface area (Å²) in [4.78, 5) is 15.8. The van der Waals surface area contributed by atoms with Gasteiger partial charge < -0.3 is 44.5 Å². The van der Waals surface area contributed by atoms with E-state index in [9.17, 15) is 30.3 Å². The molecule has 4 aliphatic carbocycles. The molecule has 5 N–H and O–H groups in total. The van der Waals surface area contributed by atoms with E-state index in [1.807, 2.05) is 6.92 Å². The maximum atomic E-state index is 13.5. The lowest BCUT2D eigenvalue weighted by Crippen LogP contribution is -2.72. The maximum Gasteiger partial charge on any atom is 0.338 e. The van der Waals surface area contributed by atoms with Crippen LogP contribution in [-0.2, 0) is 9.47 Å². The summed E-state index contributed by atoms with van der Waals surface area (Å²) >= 11 is 0. The molecule has 0 aromatic heterocycles. The first-order valence-corrected chi connectivity index (χ1v) is 17.5. The van der Waals surface area contributed by atoms with E-state index in [4.69, 9.17) is 18.9 Å². The van der Waals surface area contributed by atoms with E-state index < -0.39 is 70.0 Å². The van der Waals surface area contributed by atoms with Gasteiger partial charge in [0.1, 0.15) is 0 Å². The van der Waals surface area contributed by atoms with Crippen molar-refractivity contribution in [1.82, 2.24) is 4.90 Å². The number of aliphatic hydroxyl groups excluding tert-OH is 2. The van der Waals surface area contributed by atoms with Gasteiger partial charge in [0.05, 0.1) is 48.8 Å². The first kappa shape index (κ1) is 32.2. The molecule has 4 bridgehead atoms. The van der Waals surface area contributed by atoms with Crippen LogP contribution in [0.2, 0.25) is 0 Å². The highest BCUT2D eigenvalue weighted by atomic mass is 16.7. The highest BCUT2D eigenvalue weighted by Gasteiger charge is 2.85. The molecule has 3 heterocycles. The monoisotopic (exact) mass is 657 g/mol. The molecular formula is C36H51NO10. The summed E-state index contributed by atoms with van der Waals surface area (Å²) in [6, 6.07) is 4.69. The molecule has 8 rings (SSSR count). The summed E-state index contributed by atoms with van der Waals surface area (Å²) < 4.78 is 23.6. The van der Waals surface area contributed by atoms with E-state index in [1.54, 1.807) is 12.1 Å². The number of aliphatic hydroxyl groups is 5. The first-order valence-electron chi connectivity index (χ1n) is 17.5. The van der Waals surface area contributed by atoms with Crippen LogP contribution in [-0.4, -0.2) is 111 Å². The van der Waals surface area contributed by atoms with Crippen molar-refractivity contribution in [1.29, 1.82) is 0 Å². The molecule has 7 fully saturated rings. The number of hydrogen-bond donors (Lipinski definition) is 5. The van der Waals surface area contributed by atoms with Crippen molar-refractivity contribution < 1.29 is 49.3 Å². The predicted molar refractivity (Wildman–Crippen MR) is 168 cm³/mol. The zero-order valence-electron chi connectivity index (χ0n) is 28.1. The van der Waals surface area contributed by atoms with Crippen LogP contribution in [0.15, 0.2) is 18.2 Å². The number of hydrogen-bond acceptors (Lipinski definition) is 11. The molecule has 1 aromatic rings. The molecule has 11 nitrogen and oxygen atoms in total. The second kappa shape index (κ2) is 10.3. The van der Waals surface area contributed by atoms with Gasteiger partial charge in [-0.1, -0.05) is 13.8 Å². The lowest BCUT2D eigenvalue weighted by atomic mass is 9.49. The molecular weight excluding hydrogens is 606 g/mol. The molecule has 0 radical (unpaired) electrons. The van der Waals surface area contributed by atoms with Crippen LogP contribution in [0.3, 0.4) is 0 Å². The number of carbonyl (C=O) groups excluding carboxylic acids is 1. The van der Waals surface area contributed by atoms with E-state index in [0.717, 1.165) is 19.4 Å². The Labute approximate surface area is 276 Å². The van der Waals surface area contributed by atoms with Crippen molar-refractivity contribution in [3.05, 3.63) is 23.8 Å². The Morgan fingerprint density at radius 2 is 1.72 bits per heavy atom. The molecule has 0 amide bonds. The molecule has 7 aliphatic rings. The standard InChI is InChI=1S/C36H51NO10/c1-18-6-9-27-33(3,41)29-20(17-37(27)16-18)21-14-35-30(34(21,42)15-23(29)39)22(38)13-26-32(35,2)11-10-28(36(26,43)47-35)46-31(40)19-7-8-24(44-4)25(12-19)45-5/h7-8,12,18,20-23,26-30,38-39,41-43H,6,9-11,13-17H2,1-5H3/t18-,20-,21-,22+,23-,26-,27-,28-,29+,30-,32-,33+,34-,35+,36-/m0/s1. The third-order valence-corrected chi connectivity index (χ3v) is 14.5. The minimum atomic E-state index is -1.87. The minimum absolute atomic E-state index is 0.0296. The molecule has 4 saturated carbocycles. The Hall–Kier alpha value is -1.99. The van der Waals surface area contributed by atoms with Crippen LogP contribution in [0.25, 0.3) is 0 Å². The number of fused-ring (bicyclic) bond motifs is 5. The van der Waals surface area contributed by atoms with E-state index in [-0.39, 0.29) is 36.3 Å². The molecule has 11 heteroatoms. The molecule has 3 saturated heterocycles. The number of esters is 1. The zero-order chi connectivity index (χ0) is 33.5. The smallest absolute Gasteiger partial charge is 0.338 e. The molecule has 260 valence electrons. The lowest BCUT2D eigenvalue weighted by Gasteiger charge is -2.62. The van der Waals surface area contributed by atoms with Crippen LogP contribution < -0.4 is 9.47 Å². The third kappa shape index (κ3) is 4.02. The maximum absolute atomic E-state index is 13.5. The topological polar surface area (TPSA) is 158 Å². The van der Waals surface area contributed by atoms with Crippen molar-refractivity contribution >= 4 is 5.97 Å². The van der Waals surface area contributed by atoms with Crippen LogP contribution in [0.4, 0.5) is 0 Å². The van der Waals surface area contributed by atoms with E-state index in [2.05, 4.69) is 18.7 Å². The van der Waals surface area contributed by atoms with Crippen LogP contribution >= 0.6 is 0 Å². The summed E-state index contributed by atoms with van der Waals surface area (Å²) in [5, 5.41) is 61.1. The Morgan fingerprint density at radius 1 is 0.979 bits per heavy atom. The Kier molecular flexibility index (Phi) is 7.05. The van der Waals surface area contributed by atoms with Gasteiger partial charge in [0.2, 0.25) is 5.79 Å². The van der Waals surface area contributed by atoms with Gasteiger partial charge >= 0.3 is 5.97 Å². The first-order chi connectivity index (χ1) is 22.1. The van der Waals surface area contributed by atoms with Gasteiger partial charge in [-0.2, -0.15) is 0 Å². The van der Waals surface area contributed by atoms with Crippen molar-refractivity contribution in [2.45, 2.75) is 113 Å². The molecule has 1 aromatic carbocycles. The van der Waals surface area contributed by atoms with E-state index in [1.165, 1.54) is 20.3 Å². The van der Waals surface area contributed by atoms with Crippen LogP contribution in [0, 0.1) is 40.9 Å². The number of benzene rings is 1. The summed E-state index contributed by atoms with van der Waals surface area (Å²) in [6.45, 7) is 7.68. The number of rotatable bonds is 4. The highest BCUT2D eigenvalue weighted by molar-refractivity contribution is 5.90. The van der Waals surface area contributed by atoms with E-state index >= 15 is 0 Å². The number of methoxy groups -OCH3 is 2. The van der Waals surface area contributed by atoms with Gasteiger partial charge in [0, 0.05) is 48.7 Å². The fourth-order valence-corrected chi connectivity index (χ4v) is 12.7. The average molecular weight is 658 g/mol. The SMILES string of the molecule is COc1ccc(C(=O)O[C@H]2CC[C@@]3(C)[C@@H]4C[C@@H](O)[C@H]5[C@]6(O)C[C@H](O)[C@H]7[C@@H](CN8C[C@@H](C)CC[C@H]8[C@@]7(C)O)[C@@H]6C[C@@]53O[C@]24O)cc1OC. The normalized spacial score (nSPS) is 52.9. The molecule has 1 spiro atoms. The lowest BCUT2D eigenvalue weighted by molar-refractivity contribution is -0.284. The molecule has 3 aliphatic heterocycles. The summed E-state index contributed by atoms with van der Waals surface area (Å²) in [6.07, 6.45) is 0.459. The Bertz CT molecular complexity index is 1450.